The van der Waals surface area contributed by atoms with Crippen LogP contribution in [-0.4, -0.2) is 54.8 Å². The van der Waals surface area contributed by atoms with Gasteiger partial charge in [0.1, 0.15) is 30.0 Å². The Hall–Kier alpha value is -2.18. The highest BCUT2D eigenvalue weighted by molar-refractivity contribution is 5.40. The normalized spacial score (nSPS) is 18.6. The topological polar surface area (TPSA) is 59.5 Å². The molecule has 0 amide bonds. The maximum atomic E-state index is 5.88. The number of ether oxygens (including phenoxy) is 2. The Morgan fingerprint density at radius 2 is 2.09 bits per heavy atom. The minimum Gasteiger partial charge on any atom is -0.492 e. The zero-order valence-corrected chi connectivity index (χ0v) is 13.3. The van der Waals surface area contributed by atoms with Gasteiger partial charge in [0.25, 0.3) is 0 Å². The average molecular weight is 314 g/mol. The molecule has 1 aliphatic heterocycles. The van der Waals surface area contributed by atoms with Crippen LogP contribution in [0.5, 0.6) is 5.75 Å². The Balaban J connectivity index is 1.54. The average Bonchev–Trinajstić information content (AvgIpc) is 2.63. The van der Waals surface area contributed by atoms with Crippen LogP contribution in [0, 0.1) is 0 Å². The van der Waals surface area contributed by atoms with Gasteiger partial charge in [-0.3, -0.25) is 9.88 Å². The number of hydrogen-bond acceptors (Lipinski definition) is 6. The zero-order chi connectivity index (χ0) is 15.9. The van der Waals surface area contributed by atoms with Crippen molar-refractivity contribution in [3.8, 4) is 5.75 Å². The lowest BCUT2D eigenvalue weighted by molar-refractivity contribution is -0.0347. The van der Waals surface area contributed by atoms with Gasteiger partial charge >= 0.3 is 0 Å². The van der Waals surface area contributed by atoms with Gasteiger partial charge in [-0.2, -0.15) is 0 Å². The van der Waals surface area contributed by atoms with Crippen LogP contribution in [0.3, 0.4) is 0 Å². The first-order chi connectivity index (χ1) is 11.4. The molecule has 23 heavy (non-hydrogen) atoms. The minimum atomic E-state index is -0.0587. The van der Waals surface area contributed by atoms with Crippen molar-refractivity contribution in [3.63, 3.8) is 0 Å². The third-order valence-corrected chi connectivity index (χ3v) is 3.84. The number of rotatable bonds is 6. The molecule has 1 saturated heterocycles. The summed E-state index contributed by atoms with van der Waals surface area (Å²) >= 11 is 0. The molecule has 1 N–H and O–H groups in total. The van der Waals surface area contributed by atoms with Crippen LogP contribution in [0.2, 0.25) is 0 Å². The smallest absolute Gasteiger partial charge is 0.150 e. The van der Waals surface area contributed by atoms with E-state index in [2.05, 4.69) is 20.2 Å². The summed E-state index contributed by atoms with van der Waals surface area (Å²) in [4.78, 5) is 11.1. The third-order valence-electron chi connectivity index (χ3n) is 3.84. The fourth-order valence-electron chi connectivity index (χ4n) is 2.66. The number of benzene rings is 1. The Morgan fingerprint density at radius 3 is 2.91 bits per heavy atom. The van der Waals surface area contributed by atoms with Crippen molar-refractivity contribution in [2.45, 2.75) is 6.10 Å². The van der Waals surface area contributed by atoms with E-state index in [9.17, 15) is 0 Å². The second-order valence-corrected chi connectivity index (χ2v) is 5.36. The summed E-state index contributed by atoms with van der Waals surface area (Å²) in [5, 5.41) is 3.08. The molecule has 122 valence electrons. The van der Waals surface area contributed by atoms with Crippen molar-refractivity contribution in [2.75, 3.05) is 45.2 Å². The molecule has 1 fully saturated rings. The molecule has 2 aromatic rings. The molecule has 6 heteroatoms. The van der Waals surface area contributed by atoms with Gasteiger partial charge in [0.2, 0.25) is 0 Å². The van der Waals surface area contributed by atoms with Gasteiger partial charge in [0.05, 0.1) is 6.61 Å². The largest absolute Gasteiger partial charge is 0.492 e. The van der Waals surface area contributed by atoms with E-state index in [0.717, 1.165) is 36.9 Å². The van der Waals surface area contributed by atoms with Crippen LogP contribution in [-0.2, 0) is 4.74 Å². The van der Waals surface area contributed by atoms with Crippen molar-refractivity contribution in [3.05, 3.63) is 48.4 Å². The van der Waals surface area contributed by atoms with E-state index in [4.69, 9.17) is 9.47 Å². The van der Waals surface area contributed by atoms with Crippen molar-refractivity contribution in [1.82, 2.24) is 14.9 Å². The molecule has 0 saturated carbocycles. The lowest BCUT2D eigenvalue weighted by Crippen LogP contribution is -2.40. The molecule has 1 atom stereocenters. The maximum absolute atomic E-state index is 5.88. The lowest BCUT2D eigenvalue weighted by Gasteiger charge is -2.32. The van der Waals surface area contributed by atoms with Gasteiger partial charge in [-0.05, 0) is 12.1 Å². The maximum Gasteiger partial charge on any atom is 0.150 e. The fraction of sp³-hybridized carbons (Fsp3) is 0.412. The number of para-hydroxylation sites is 1. The molecule has 0 aliphatic carbocycles. The number of aromatic nitrogens is 2. The van der Waals surface area contributed by atoms with Gasteiger partial charge in [0, 0.05) is 39.1 Å². The zero-order valence-electron chi connectivity index (χ0n) is 13.3. The quantitative estimate of drug-likeness (QED) is 0.880. The minimum absolute atomic E-state index is 0.0587. The van der Waals surface area contributed by atoms with Gasteiger partial charge < -0.3 is 14.8 Å². The van der Waals surface area contributed by atoms with Gasteiger partial charge in [0.15, 0.2) is 0 Å². The van der Waals surface area contributed by atoms with Crippen LogP contribution >= 0.6 is 0 Å². The van der Waals surface area contributed by atoms with E-state index in [1.165, 1.54) is 0 Å². The fourth-order valence-corrected chi connectivity index (χ4v) is 2.66. The van der Waals surface area contributed by atoms with Crippen LogP contribution in [0.15, 0.2) is 42.7 Å². The lowest BCUT2D eigenvalue weighted by atomic mass is 10.2. The molecule has 6 nitrogen and oxygen atoms in total. The molecule has 1 aromatic heterocycles. The summed E-state index contributed by atoms with van der Waals surface area (Å²) in [6.07, 6.45) is 3.33. The van der Waals surface area contributed by atoms with E-state index in [1.807, 2.05) is 37.4 Å². The molecule has 0 spiro atoms. The summed E-state index contributed by atoms with van der Waals surface area (Å²) < 4.78 is 11.6. The van der Waals surface area contributed by atoms with Gasteiger partial charge in [-0.1, -0.05) is 18.2 Å². The van der Waals surface area contributed by atoms with Crippen molar-refractivity contribution < 1.29 is 9.47 Å². The van der Waals surface area contributed by atoms with Crippen LogP contribution < -0.4 is 10.1 Å². The standard InChI is InChI=1S/C17H22N4O2/c1-18-17-16(19-7-8-20-17)15-13-21(10-12-23-15)9-11-22-14-5-3-2-4-6-14/h2-8,15H,9-13H2,1H3,(H,18,20)/t15-/m0/s1. The number of hydrogen-bond donors (Lipinski definition) is 1. The van der Waals surface area contributed by atoms with E-state index < -0.39 is 0 Å². The highest BCUT2D eigenvalue weighted by Gasteiger charge is 2.25. The summed E-state index contributed by atoms with van der Waals surface area (Å²) in [6.45, 7) is 3.92. The number of morpholine rings is 1. The summed E-state index contributed by atoms with van der Waals surface area (Å²) in [7, 11) is 1.85. The number of anilines is 1. The summed E-state index contributed by atoms with van der Waals surface area (Å²) in [5.41, 5.74) is 0.865. The first-order valence-electron chi connectivity index (χ1n) is 7.87. The van der Waals surface area contributed by atoms with E-state index in [1.54, 1.807) is 12.4 Å². The number of nitrogens with zero attached hydrogens (tertiary/aromatic N) is 3. The Morgan fingerprint density at radius 1 is 1.26 bits per heavy atom. The molecule has 1 aromatic carbocycles. The number of nitrogens with one attached hydrogen (secondary N) is 1. The van der Waals surface area contributed by atoms with Gasteiger partial charge in [-0.15, -0.1) is 0 Å². The first kappa shape index (κ1) is 15.7. The van der Waals surface area contributed by atoms with E-state index >= 15 is 0 Å². The monoisotopic (exact) mass is 314 g/mol. The predicted molar refractivity (Wildman–Crippen MR) is 88.6 cm³/mol. The molecule has 0 bridgehead atoms. The van der Waals surface area contributed by atoms with Crippen molar-refractivity contribution in [1.29, 1.82) is 0 Å². The van der Waals surface area contributed by atoms with Crippen LogP contribution in [0.25, 0.3) is 0 Å². The highest BCUT2D eigenvalue weighted by Crippen LogP contribution is 2.24. The predicted octanol–water partition coefficient (Wildman–Crippen LogP) is 1.97. The molecular weight excluding hydrogens is 292 g/mol. The summed E-state index contributed by atoms with van der Waals surface area (Å²) in [5.74, 6) is 1.68. The molecule has 2 heterocycles. The summed E-state index contributed by atoms with van der Waals surface area (Å²) in [6, 6.07) is 9.89. The van der Waals surface area contributed by atoms with Crippen molar-refractivity contribution in [2.24, 2.45) is 0 Å². The Labute approximate surface area is 136 Å². The second kappa shape index (κ2) is 7.89. The first-order valence-corrected chi connectivity index (χ1v) is 7.87. The molecular formula is C17H22N4O2. The molecule has 1 aliphatic rings. The molecule has 0 unspecified atom stereocenters. The van der Waals surface area contributed by atoms with Gasteiger partial charge in [-0.25, -0.2) is 4.98 Å². The van der Waals surface area contributed by atoms with Crippen LogP contribution in [0.4, 0.5) is 5.82 Å². The van der Waals surface area contributed by atoms with Crippen LogP contribution in [0.1, 0.15) is 11.8 Å². The Kier molecular flexibility index (Phi) is 5.39. The molecule has 3 rings (SSSR count). The highest BCUT2D eigenvalue weighted by atomic mass is 16.5. The van der Waals surface area contributed by atoms with Crippen molar-refractivity contribution >= 4 is 5.82 Å². The van der Waals surface area contributed by atoms with E-state index in [0.29, 0.717) is 13.2 Å². The third kappa shape index (κ3) is 4.18. The van der Waals surface area contributed by atoms with E-state index in [-0.39, 0.29) is 6.10 Å². The second-order valence-electron chi connectivity index (χ2n) is 5.36. The Bertz CT molecular complexity index is 609. The molecule has 0 radical (unpaired) electrons. The SMILES string of the molecule is CNc1nccnc1[C@@H]1CN(CCOc2ccccc2)CCO1.